The van der Waals surface area contributed by atoms with E-state index in [2.05, 4.69) is 25.5 Å². The standard InChI is InChI=1S/C19H17N7O2/c1-11-10-12(2)26-19(20-11)22-17(24-26)18(28)21-14-7-5-4-6-13(14)15-8-9-16(27)25(3)23-15/h4-10H,1-3H3,(H,21,28). The van der Waals surface area contributed by atoms with E-state index in [4.69, 9.17) is 0 Å². The van der Waals surface area contributed by atoms with Crippen molar-refractivity contribution in [3.63, 3.8) is 0 Å². The lowest BCUT2D eigenvalue weighted by Crippen LogP contribution is -2.19. The number of carbonyl (C=O) groups is 1. The Labute approximate surface area is 159 Å². The van der Waals surface area contributed by atoms with Crippen LogP contribution in [-0.4, -0.2) is 35.3 Å². The van der Waals surface area contributed by atoms with Gasteiger partial charge in [0.2, 0.25) is 5.82 Å². The second-order valence-electron chi connectivity index (χ2n) is 6.37. The average Bonchev–Trinajstić information content (AvgIpc) is 3.09. The van der Waals surface area contributed by atoms with Crippen LogP contribution in [0.3, 0.4) is 0 Å². The summed E-state index contributed by atoms with van der Waals surface area (Å²) in [6.07, 6.45) is 0. The molecule has 0 aliphatic heterocycles. The van der Waals surface area contributed by atoms with Crippen LogP contribution in [0.1, 0.15) is 22.0 Å². The summed E-state index contributed by atoms with van der Waals surface area (Å²) >= 11 is 0. The first-order valence-corrected chi connectivity index (χ1v) is 8.58. The maximum atomic E-state index is 12.7. The van der Waals surface area contributed by atoms with Gasteiger partial charge >= 0.3 is 0 Å². The Bertz CT molecular complexity index is 1270. The molecule has 1 aromatic carbocycles. The quantitative estimate of drug-likeness (QED) is 0.585. The monoisotopic (exact) mass is 375 g/mol. The lowest BCUT2D eigenvalue weighted by Gasteiger charge is -2.10. The van der Waals surface area contributed by atoms with Crippen LogP contribution in [0.5, 0.6) is 0 Å². The zero-order valence-corrected chi connectivity index (χ0v) is 15.5. The number of nitrogens with one attached hydrogen (secondary N) is 1. The van der Waals surface area contributed by atoms with Crippen LogP contribution >= 0.6 is 0 Å². The van der Waals surface area contributed by atoms with Gasteiger partial charge in [-0.25, -0.2) is 14.2 Å². The molecule has 4 aromatic rings. The molecule has 0 unspecified atom stereocenters. The van der Waals surface area contributed by atoms with Gasteiger partial charge in [-0.15, -0.1) is 5.10 Å². The van der Waals surface area contributed by atoms with Crippen LogP contribution in [0.15, 0.2) is 47.3 Å². The van der Waals surface area contributed by atoms with E-state index in [1.807, 2.05) is 32.0 Å². The van der Waals surface area contributed by atoms with Gasteiger partial charge in [0.05, 0.1) is 11.4 Å². The fourth-order valence-electron chi connectivity index (χ4n) is 2.90. The number of aryl methyl sites for hydroxylation is 3. The van der Waals surface area contributed by atoms with Crippen molar-refractivity contribution in [1.82, 2.24) is 29.4 Å². The first-order valence-electron chi connectivity index (χ1n) is 8.58. The normalized spacial score (nSPS) is 11.0. The molecule has 0 spiro atoms. The van der Waals surface area contributed by atoms with Crippen LogP contribution in [0.2, 0.25) is 0 Å². The van der Waals surface area contributed by atoms with Crippen LogP contribution in [0.25, 0.3) is 17.0 Å². The third kappa shape index (κ3) is 3.13. The molecule has 0 fully saturated rings. The summed E-state index contributed by atoms with van der Waals surface area (Å²) in [5.41, 5.74) is 3.21. The van der Waals surface area contributed by atoms with Crippen LogP contribution < -0.4 is 10.9 Å². The molecule has 0 aliphatic rings. The highest BCUT2D eigenvalue weighted by atomic mass is 16.2. The van der Waals surface area contributed by atoms with Crippen molar-refractivity contribution in [1.29, 1.82) is 0 Å². The molecule has 1 N–H and O–H groups in total. The first-order chi connectivity index (χ1) is 13.4. The van der Waals surface area contributed by atoms with Gasteiger partial charge in [0.15, 0.2) is 0 Å². The number of fused-ring (bicyclic) bond motifs is 1. The predicted molar refractivity (Wildman–Crippen MR) is 103 cm³/mol. The van der Waals surface area contributed by atoms with Gasteiger partial charge in [0.1, 0.15) is 0 Å². The van der Waals surface area contributed by atoms with E-state index in [1.54, 1.807) is 25.2 Å². The van der Waals surface area contributed by atoms with Crippen molar-refractivity contribution < 1.29 is 4.79 Å². The fraction of sp³-hybridized carbons (Fsp3) is 0.158. The van der Waals surface area contributed by atoms with Crippen LogP contribution in [0, 0.1) is 13.8 Å². The Morgan fingerprint density at radius 2 is 1.82 bits per heavy atom. The molecule has 0 aliphatic carbocycles. The Morgan fingerprint density at radius 1 is 1.04 bits per heavy atom. The molecular formula is C19H17N7O2. The van der Waals surface area contributed by atoms with Gasteiger partial charge in [0, 0.05) is 30.1 Å². The number of rotatable bonds is 3. The van der Waals surface area contributed by atoms with E-state index >= 15 is 0 Å². The van der Waals surface area contributed by atoms with E-state index in [-0.39, 0.29) is 11.4 Å². The number of nitrogens with zero attached hydrogens (tertiary/aromatic N) is 6. The van der Waals surface area contributed by atoms with E-state index in [0.717, 1.165) is 11.4 Å². The molecule has 28 heavy (non-hydrogen) atoms. The van der Waals surface area contributed by atoms with Gasteiger partial charge in [-0.05, 0) is 32.0 Å². The second kappa shape index (κ2) is 6.69. The zero-order valence-electron chi connectivity index (χ0n) is 15.5. The Morgan fingerprint density at radius 3 is 2.61 bits per heavy atom. The summed E-state index contributed by atoms with van der Waals surface area (Å²) in [6.45, 7) is 3.73. The lowest BCUT2D eigenvalue weighted by molar-refractivity contribution is 0.101. The molecule has 0 saturated heterocycles. The third-order valence-corrected chi connectivity index (χ3v) is 4.23. The minimum Gasteiger partial charge on any atom is -0.319 e. The van der Waals surface area contributed by atoms with Gasteiger partial charge < -0.3 is 5.32 Å². The van der Waals surface area contributed by atoms with E-state index in [1.165, 1.54) is 15.3 Å². The largest absolute Gasteiger partial charge is 0.319 e. The molecule has 4 rings (SSSR count). The Hall–Kier alpha value is -3.88. The second-order valence-corrected chi connectivity index (χ2v) is 6.37. The number of carbonyl (C=O) groups excluding carboxylic acids is 1. The molecule has 9 heteroatoms. The average molecular weight is 375 g/mol. The molecule has 3 heterocycles. The lowest BCUT2D eigenvalue weighted by atomic mass is 10.1. The summed E-state index contributed by atoms with van der Waals surface area (Å²) in [7, 11) is 1.57. The Kier molecular flexibility index (Phi) is 4.19. The van der Waals surface area contributed by atoms with Gasteiger partial charge in [0.25, 0.3) is 17.2 Å². The van der Waals surface area contributed by atoms with Crippen molar-refractivity contribution in [2.75, 3.05) is 5.32 Å². The Balaban J connectivity index is 1.70. The summed E-state index contributed by atoms with van der Waals surface area (Å²) in [4.78, 5) is 32.8. The van der Waals surface area contributed by atoms with Crippen molar-refractivity contribution in [2.45, 2.75) is 13.8 Å². The minimum atomic E-state index is -0.458. The fourth-order valence-corrected chi connectivity index (χ4v) is 2.90. The highest BCUT2D eigenvalue weighted by Gasteiger charge is 2.17. The van der Waals surface area contributed by atoms with Crippen molar-refractivity contribution in [3.05, 3.63) is 70.0 Å². The smallest absolute Gasteiger partial charge is 0.295 e. The maximum Gasteiger partial charge on any atom is 0.295 e. The summed E-state index contributed by atoms with van der Waals surface area (Å²) in [5.74, 6) is -0.0695. The maximum absolute atomic E-state index is 12.7. The minimum absolute atomic E-state index is 0.0180. The molecule has 140 valence electrons. The van der Waals surface area contributed by atoms with Crippen molar-refractivity contribution in [2.24, 2.45) is 7.05 Å². The number of anilines is 1. The van der Waals surface area contributed by atoms with Crippen molar-refractivity contribution in [3.8, 4) is 11.3 Å². The third-order valence-electron chi connectivity index (χ3n) is 4.23. The topological polar surface area (TPSA) is 107 Å². The highest BCUT2D eigenvalue weighted by molar-refractivity contribution is 6.04. The number of benzene rings is 1. The molecule has 9 nitrogen and oxygen atoms in total. The summed E-state index contributed by atoms with van der Waals surface area (Å²) < 4.78 is 2.77. The van der Waals surface area contributed by atoms with Gasteiger partial charge in [-0.1, -0.05) is 18.2 Å². The van der Waals surface area contributed by atoms with E-state index < -0.39 is 5.91 Å². The summed E-state index contributed by atoms with van der Waals surface area (Å²) in [6, 6.07) is 12.1. The molecule has 0 atom stereocenters. The van der Waals surface area contributed by atoms with E-state index in [0.29, 0.717) is 22.7 Å². The van der Waals surface area contributed by atoms with Gasteiger partial charge in [-0.2, -0.15) is 10.1 Å². The molecular weight excluding hydrogens is 358 g/mol. The van der Waals surface area contributed by atoms with Crippen LogP contribution in [0.4, 0.5) is 5.69 Å². The SMILES string of the molecule is Cc1cc(C)n2nc(C(=O)Nc3ccccc3-c3ccc(=O)n(C)n3)nc2n1. The number of aromatic nitrogens is 6. The predicted octanol–water partition coefficient (Wildman–Crippen LogP) is 1.75. The van der Waals surface area contributed by atoms with Gasteiger partial charge in [-0.3, -0.25) is 9.59 Å². The molecule has 0 saturated carbocycles. The number of hydrogen-bond acceptors (Lipinski definition) is 6. The molecule has 0 radical (unpaired) electrons. The molecule has 0 bridgehead atoms. The first kappa shape index (κ1) is 17.5. The molecule has 1 amide bonds. The highest BCUT2D eigenvalue weighted by Crippen LogP contribution is 2.25. The van der Waals surface area contributed by atoms with Crippen LogP contribution in [-0.2, 0) is 7.05 Å². The zero-order chi connectivity index (χ0) is 19.8. The van der Waals surface area contributed by atoms with E-state index in [9.17, 15) is 9.59 Å². The molecule has 3 aromatic heterocycles. The number of hydrogen-bond donors (Lipinski definition) is 1. The number of para-hydroxylation sites is 1. The van der Waals surface area contributed by atoms with Crippen molar-refractivity contribution >= 4 is 17.4 Å². The number of amides is 1. The summed E-state index contributed by atoms with van der Waals surface area (Å²) in [5, 5.41) is 11.3.